The van der Waals surface area contributed by atoms with Gasteiger partial charge in [-0.25, -0.2) is 9.78 Å². The van der Waals surface area contributed by atoms with Crippen LogP contribution < -0.4 is 5.56 Å². The molecule has 28 heavy (non-hydrogen) atoms. The minimum Gasteiger partial charge on any atom is -0.464 e. The molecule has 1 atom stereocenters. The fourth-order valence-corrected chi connectivity index (χ4v) is 5.05. The zero-order chi connectivity index (χ0) is 19.7. The van der Waals surface area contributed by atoms with E-state index in [-0.39, 0.29) is 5.56 Å². The number of hydrogen-bond donors (Lipinski definition) is 0. The lowest BCUT2D eigenvalue weighted by Crippen LogP contribution is -2.32. The number of carbonyl (C=O) groups excluding carboxylic acids is 1. The molecule has 146 valence electrons. The van der Waals surface area contributed by atoms with E-state index >= 15 is 0 Å². The Morgan fingerprint density at radius 2 is 2.00 bits per heavy atom. The minimum absolute atomic E-state index is 0.135. The summed E-state index contributed by atoms with van der Waals surface area (Å²) < 4.78 is 6.86. The van der Waals surface area contributed by atoms with Gasteiger partial charge in [0.1, 0.15) is 16.7 Å². The summed E-state index contributed by atoms with van der Waals surface area (Å²) in [5.74, 6) is 0.129. The first kappa shape index (κ1) is 18.9. The van der Waals surface area contributed by atoms with Crippen LogP contribution >= 0.6 is 11.3 Å². The van der Waals surface area contributed by atoms with Gasteiger partial charge in [-0.15, -0.1) is 11.3 Å². The molecule has 0 amide bonds. The van der Waals surface area contributed by atoms with Gasteiger partial charge < -0.3 is 4.74 Å². The molecule has 0 aliphatic heterocycles. The molecule has 3 aromatic rings. The standard InChI is InChI=1S/C22H24N2O3S/c1-3-13-27-22(26)14(2)24-19(15-9-5-4-6-10-15)23-20-18(21(24)25)16-11-7-8-12-17(16)28-20/h4-6,9-10,14H,3,7-8,11-13H2,1-2H3. The van der Waals surface area contributed by atoms with Gasteiger partial charge in [0.05, 0.1) is 12.0 Å². The van der Waals surface area contributed by atoms with E-state index < -0.39 is 12.0 Å². The van der Waals surface area contributed by atoms with Crippen molar-refractivity contribution in [3.63, 3.8) is 0 Å². The van der Waals surface area contributed by atoms with E-state index in [4.69, 9.17) is 9.72 Å². The number of aryl methyl sites for hydroxylation is 2. The second kappa shape index (κ2) is 7.87. The molecule has 2 aromatic heterocycles. The first-order valence-corrected chi connectivity index (χ1v) is 10.7. The Labute approximate surface area is 168 Å². The van der Waals surface area contributed by atoms with E-state index in [9.17, 15) is 9.59 Å². The summed E-state index contributed by atoms with van der Waals surface area (Å²) in [6, 6.07) is 8.85. The molecule has 6 heteroatoms. The number of hydrogen-bond acceptors (Lipinski definition) is 5. The maximum atomic E-state index is 13.6. The molecule has 0 saturated heterocycles. The van der Waals surface area contributed by atoms with Crippen LogP contribution in [0.5, 0.6) is 0 Å². The van der Waals surface area contributed by atoms with Crippen LogP contribution in [-0.2, 0) is 22.4 Å². The molecular weight excluding hydrogens is 372 g/mol. The Morgan fingerprint density at radius 1 is 1.25 bits per heavy atom. The lowest BCUT2D eigenvalue weighted by atomic mass is 9.97. The summed E-state index contributed by atoms with van der Waals surface area (Å²) in [6.45, 7) is 4.02. The third kappa shape index (κ3) is 3.26. The molecule has 0 bridgehead atoms. The molecule has 1 aliphatic carbocycles. The van der Waals surface area contributed by atoms with Crippen molar-refractivity contribution in [2.75, 3.05) is 6.61 Å². The number of benzene rings is 1. The Kier molecular flexibility index (Phi) is 5.31. The molecule has 0 saturated carbocycles. The van der Waals surface area contributed by atoms with Gasteiger partial charge in [0, 0.05) is 10.4 Å². The van der Waals surface area contributed by atoms with Gasteiger partial charge in [0.2, 0.25) is 0 Å². The summed E-state index contributed by atoms with van der Waals surface area (Å²) in [6.07, 6.45) is 4.90. The first-order chi connectivity index (χ1) is 13.6. The number of rotatable bonds is 5. The van der Waals surface area contributed by atoms with Crippen LogP contribution in [0.1, 0.15) is 49.6 Å². The Balaban J connectivity index is 1.95. The van der Waals surface area contributed by atoms with Crippen LogP contribution in [0.15, 0.2) is 35.1 Å². The number of fused-ring (bicyclic) bond motifs is 3. The third-order valence-electron chi connectivity index (χ3n) is 5.23. The van der Waals surface area contributed by atoms with E-state index in [2.05, 4.69) is 0 Å². The van der Waals surface area contributed by atoms with Crippen LogP contribution in [-0.4, -0.2) is 22.1 Å². The van der Waals surface area contributed by atoms with Crippen molar-refractivity contribution in [1.29, 1.82) is 0 Å². The fourth-order valence-electron chi connectivity index (χ4n) is 3.80. The zero-order valence-corrected chi connectivity index (χ0v) is 17.1. The predicted molar refractivity (Wildman–Crippen MR) is 112 cm³/mol. The zero-order valence-electron chi connectivity index (χ0n) is 16.2. The molecule has 0 spiro atoms. The van der Waals surface area contributed by atoms with Gasteiger partial charge in [0.25, 0.3) is 5.56 Å². The van der Waals surface area contributed by atoms with Crippen molar-refractivity contribution < 1.29 is 9.53 Å². The highest BCUT2D eigenvalue weighted by molar-refractivity contribution is 7.18. The highest BCUT2D eigenvalue weighted by Crippen LogP contribution is 2.35. The van der Waals surface area contributed by atoms with Gasteiger partial charge in [-0.1, -0.05) is 37.3 Å². The second-order valence-electron chi connectivity index (χ2n) is 7.21. The van der Waals surface area contributed by atoms with Gasteiger partial charge in [-0.05, 0) is 44.6 Å². The predicted octanol–water partition coefficient (Wildman–Crippen LogP) is 4.52. The molecule has 4 rings (SSSR count). The van der Waals surface area contributed by atoms with E-state index in [0.717, 1.165) is 48.1 Å². The molecule has 1 aliphatic rings. The van der Waals surface area contributed by atoms with Crippen molar-refractivity contribution in [1.82, 2.24) is 9.55 Å². The Morgan fingerprint density at radius 3 is 2.75 bits per heavy atom. The number of esters is 1. The summed E-state index contributed by atoms with van der Waals surface area (Å²) in [4.78, 5) is 33.1. The van der Waals surface area contributed by atoms with E-state index in [1.807, 2.05) is 37.3 Å². The van der Waals surface area contributed by atoms with E-state index in [0.29, 0.717) is 17.8 Å². The largest absolute Gasteiger partial charge is 0.464 e. The molecule has 0 N–H and O–H groups in total. The normalized spacial score (nSPS) is 14.6. The lowest BCUT2D eigenvalue weighted by Gasteiger charge is -2.19. The van der Waals surface area contributed by atoms with Gasteiger partial charge in [-0.3, -0.25) is 9.36 Å². The van der Waals surface area contributed by atoms with E-state index in [1.54, 1.807) is 18.3 Å². The quantitative estimate of drug-likeness (QED) is 0.595. The molecule has 0 radical (unpaired) electrons. The van der Waals surface area contributed by atoms with E-state index in [1.165, 1.54) is 9.44 Å². The van der Waals surface area contributed by atoms with Crippen LogP contribution in [0, 0.1) is 0 Å². The SMILES string of the molecule is CCCOC(=O)C(C)n1c(-c2ccccc2)nc2sc3c(c2c1=O)CCCC3. The number of nitrogens with zero attached hydrogens (tertiary/aromatic N) is 2. The van der Waals surface area contributed by atoms with Crippen molar-refractivity contribution in [2.45, 2.75) is 52.0 Å². The average molecular weight is 397 g/mol. The van der Waals surface area contributed by atoms with Crippen molar-refractivity contribution in [3.8, 4) is 11.4 Å². The van der Waals surface area contributed by atoms with Gasteiger partial charge in [-0.2, -0.15) is 0 Å². The summed E-state index contributed by atoms with van der Waals surface area (Å²) in [5, 5.41) is 0.689. The maximum Gasteiger partial charge on any atom is 0.329 e. The number of aromatic nitrogens is 2. The molecular formula is C22H24N2O3S. The smallest absolute Gasteiger partial charge is 0.329 e. The second-order valence-corrected chi connectivity index (χ2v) is 8.29. The van der Waals surface area contributed by atoms with Crippen molar-refractivity contribution in [2.24, 2.45) is 0 Å². The van der Waals surface area contributed by atoms with Crippen LogP contribution in [0.3, 0.4) is 0 Å². The summed E-state index contributed by atoms with van der Waals surface area (Å²) in [7, 11) is 0. The fraction of sp³-hybridized carbons (Fsp3) is 0.409. The molecule has 2 heterocycles. The van der Waals surface area contributed by atoms with Crippen LogP contribution in [0.2, 0.25) is 0 Å². The highest BCUT2D eigenvalue weighted by atomic mass is 32.1. The number of carbonyl (C=O) groups is 1. The summed E-state index contributed by atoms with van der Waals surface area (Å²) >= 11 is 1.62. The highest BCUT2D eigenvalue weighted by Gasteiger charge is 2.27. The minimum atomic E-state index is -0.731. The molecule has 1 unspecified atom stereocenters. The lowest BCUT2D eigenvalue weighted by molar-refractivity contribution is -0.147. The van der Waals surface area contributed by atoms with Crippen molar-refractivity contribution >= 4 is 27.5 Å². The number of ether oxygens (including phenoxy) is 1. The summed E-state index contributed by atoms with van der Waals surface area (Å²) in [5.41, 5.74) is 1.82. The third-order valence-corrected chi connectivity index (χ3v) is 6.42. The number of thiophene rings is 1. The maximum absolute atomic E-state index is 13.6. The Bertz CT molecular complexity index is 1070. The average Bonchev–Trinajstić information content (AvgIpc) is 3.10. The molecule has 5 nitrogen and oxygen atoms in total. The van der Waals surface area contributed by atoms with Crippen molar-refractivity contribution in [3.05, 3.63) is 51.1 Å². The molecule has 1 aromatic carbocycles. The topological polar surface area (TPSA) is 61.2 Å². The monoisotopic (exact) mass is 396 g/mol. The van der Waals surface area contributed by atoms with Gasteiger partial charge >= 0.3 is 5.97 Å². The first-order valence-electron chi connectivity index (χ1n) is 9.90. The molecule has 0 fully saturated rings. The van der Waals surface area contributed by atoms with Crippen LogP contribution in [0.25, 0.3) is 21.6 Å². The Hall–Kier alpha value is -2.47. The van der Waals surface area contributed by atoms with Crippen LogP contribution in [0.4, 0.5) is 0 Å². The van der Waals surface area contributed by atoms with Gasteiger partial charge in [0.15, 0.2) is 0 Å².